The van der Waals surface area contributed by atoms with Crippen LogP contribution in [0.2, 0.25) is 0 Å². The summed E-state index contributed by atoms with van der Waals surface area (Å²) in [6.07, 6.45) is 2.04. The number of amides is 2. The first kappa shape index (κ1) is 15.7. The molecule has 1 heterocycles. The van der Waals surface area contributed by atoms with E-state index in [0.29, 0.717) is 11.6 Å². The van der Waals surface area contributed by atoms with Gasteiger partial charge < -0.3 is 20.2 Å². The van der Waals surface area contributed by atoms with Crippen molar-refractivity contribution in [3.63, 3.8) is 0 Å². The number of hydrogen-bond acceptors (Lipinski definition) is 4. The van der Waals surface area contributed by atoms with Gasteiger partial charge in [0.05, 0.1) is 12.1 Å². The molecule has 6 heteroatoms. The Hall–Kier alpha value is -2.86. The molecule has 0 spiro atoms. The molecule has 0 saturated heterocycles. The summed E-state index contributed by atoms with van der Waals surface area (Å²) in [4.78, 5) is 16.5. The highest BCUT2D eigenvalue weighted by Gasteiger charge is 2.26. The Labute approximate surface area is 144 Å². The summed E-state index contributed by atoms with van der Waals surface area (Å²) in [6, 6.07) is 14.4. The van der Waals surface area contributed by atoms with Gasteiger partial charge in [0, 0.05) is 11.3 Å². The minimum Gasteiger partial charge on any atom is -0.436 e. The molecule has 0 radical (unpaired) electrons. The van der Waals surface area contributed by atoms with Crippen LogP contribution in [-0.4, -0.2) is 28.3 Å². The van der Waals surface area contributed by atoms with E-state index in [2.05, 4.69) is 15.6 Å². The molecule has 0 bridgehead atoms. The molecule has 3 aromatic rings. The van der Waals surface area contributed by atoms with Crippen molar-refractivity contribution >= 4 is 22.8 Å². The first-order chi connectivity index (χ1) is 12.2. The SMILES string of the molecule is O=C(Nc1ccc(-c2nc3ccccc3o2)cc1)N[C@H]1CCC[C@@H]1O. The predicted molar refractivity (Wildman–Crippen MR) is 95.2 cm³/mol. The number of aromatic nitrogens is 1. The maximum absolute atomic E-state index is 12.0. The molecule has 2 atom stereocenters. The highest BCUT2D eigenvalue weighted by atomic mass is 16.3. The van der Waals surface area contributed by atoms with Crippen LogP contribution in [0.1, 0.15) is 19.3 Å². The van der Waals surface area contributed by atoms with Gasteiger partial charge in [-0.1, -0.05) is 12.1 Å². The zero-order chi connectivity index (χ0) is 17.2. The number of benzene rings is 2. The van der Waals surface area contributed by atoms with Crippen LogP contribution in [0, 0.1) is 0 Å². The van der Waals surface area contributed by atoms with E-state index in [1.165, 1.54) is 0 Å². The number of nitrogens with zero attached hydrogens (tertiary/aromatic N) is 1. The molecule has 0 unspecified atom stereocenters. The lowest BCUT2D eigenvalue weighted by molar-refractivity contribution is 0.151. The number of nitrogens with one attached hydrogen (secondary N) is 2. The fourth-order valence-electron chi connectivity index (χ4n) is 3.14. The van der Waals surface area contributed by atoms with Crippen LogP contribution in [0.15, 0.2) is 52.9 Å². The molecule has 1 aliphatic rings. The first-order valence-corrected chi connectivity index (χ1v) is 8.41. The van der Waals surface area contributed by atoms with Gasteiger partial charge in [-0.25, -0.2) is 9.78 Å². The van der Waals surface area contributed by atoms with Crippen LogP contribution in [-0.2, 0) is 0 Å². The summed E-state index contributed by atoms with van der Waals surface area (Å²) >= 11 is 0. The van der Waals surface area contributed by atoms with Gasteiger partial charge in [0.15, 0.2) is 5.58 Å². The topological polar surface area (TPSA) is 87.4 Å². The number of anilines is 1. The van der Waals surface area contributed by atoms with E-state index >= 15 is 0 Å². The van der Waals surface area contributed by atoms with Gasteiger partial charge in [-0.05, 0) is 55.7 Å². The molecular formula is C19H19N3O3. The van der Waals surface area contributed by atoms with Crippen molar-refractivity contribution in [2.75, 3.05) is 5.32 Å². The van der Waals surface area contributed by atoms with Crippen LogP contribution in [0.3, 0.4) is 0 Å². The molecule has 2 aromatic carbocycles. The normalized spacial score (nSPS) is 19.9. The Bertz CT molecular complexity index is 855. The van der Waals surface area contributed by atoms with Gasteiger partial charge in [-0.15, -0.1) is 0 Å². The minimum atomic E-state index is -0.452. The number of rotatable bonds is 3. The zero-order valence-electron chi connectivity index (χ0n) is 13.6. The Morgan fingerprint density at radius 3 is 2.64 bits per heavy atom. The van der Waals surface area contributed by atoms with Crippen molar-refractivity contribution in [1.82, 2.24) is 10.3 Å². The van der Waals surface area contributed by atoms with Gasteiger partial charge in [0.2, 0.25) is 5.89 Å². The second-order valence-corrected chi connectivity index (χ2v) is 6.27. The number of aliphatic hydroxyl groups excluding tert-OH is 1. The number of carbonyl (C=O) groups is 1. The maximum Gasteiger partial charge on any atom is 0.319 e. The van der Waals surface area contributed by atoms with Crippen LogP contribution < -0.4 is 10.6 Å². The Morgan fingerprint density at radius 2 is 1.92 bits per heavy atom. The lowest BCUT2D eigenvalue weighted by atomic mass is 10.2. The van der Waals surface area contributed by atoms with Crippen molar-refractivity contribution in [1.29, 1.82) is 0 Å². The van der Waals surface area contributed by atoms with Gasteiger partial charge in [-0.2, -0.15) is 0 Å². The first-order valence-electron chi connectivity index (χ1n) is 8.41. The molecule has 1 aliphatic carbocycles. The highest BCUT2D eigenvalue weighted by Crippen LogP contribution is 2.25. The van der Waals surface area contributed by atoms with E-state index in [1.807, 2.05) is 36.4 Å². The molecule has 1 saturated carbocycles. The van der Waals surface area contributed by atoms with Gasteiger partial charge in [-0.3, -0.25) is 0 Å². The molecule has 4 rings (SSSR count). The fraction of sp³-hybridized carbons (Fsp3) is 0.263. The standard InChI is InChI=1S/C19H19N3O3/c23-16-6-3-5-14(16)22-19(24)20-13-10-8-12(9-11-13)18-21-15-4-1-2-7-17(15)25-18/h1-2,4,7-11,14,16,23H,3,5-6H2,(H2,20,22,24)/t14-,16-/m0/s1. The Balaban J connectivity index is 1.43. The third-order valence-electron chi connectivity index (χ3n) is 4.48. The second kappa shape index (κ2) is 6.57. The third kappa shape index (κ3) is 3.34. The maximum atomic E-state index is 12.0. The third-order valence-corrected chi connectivity index (χ3v) is 4.48. The Morgan fingerprint density at radius 1 is 1.12 bits per heavy atom. The summed E-state index contributed by atoms with van der Waals surface area (Å²) in [7, 11) is 0. The highest BCUT2D eigenvalue weighted by molar-refractivity contribution is 5.89. The molecule has 2 amide bonds. The molecule has 3 N–H and O–H groups in total. The molecule has 1 fully saturated rings. The van der Waals surface area contributed by atoms with Crippen molar-refractivity contribution < 1.29 is 14.3 Å². The van der Waals surface area contributed by atoms with Crippen molar-refractivity contribution in [3.05, 3.63) is 48.5 Å². The molecule has 0 aliphatic heterocycles. The van der Waals surface area contributed by atoms with Crippen LogP contribution in [0.25, 0.3) is 22.6 Å². The fourth-order valence-corrected chi connectivity index (χ4v) is 3.14. The van der Waals surface area contributed by atoms with E-state index in [9.17, 15) is 9.90 Å². The van der Waals surface area contributed by atoms with Gasteiger partial charge >= 0.3 is 6.03 Å². The minimum absolute atomic E-state index is 0.168. The van der Waals surface area contributed by atoms with E-state index in [0.717, 1.165) is 35.9 Å². The number of oxazole rings is 1. The number of urea groups is 1. The monoisotopic (exact) mass is 337 g/mol. The van der Waals surface area contributed by atoms with Gasteiger partial charge in [0.1, 0.15) is 5.52 Å². The van der Waals surface area contributed by atoms with E-state index < -0.39 is 6.10 Å². The molecule has 128 valence electrons. The second-order valence-electron chi connectivity index (χ2n) is 6.27. The Kier molecular flexibility index (Phi) is 4.11. The molecule has 1 aromatic heterocycles. The summed E-state index contributed by atoms with van der Waals surface area (Å²) in [5.74, 6) is 0.547. The van der Waals surface area contributed by atoms with Crippen molar-refractivity contribution in [3.8, 4) is 11.5 Å². The quantitative estimate of drug-likeness (QED) is 0.682. The predicted octanol–water partition coefficient (Wildman–Crippen LogP) is 3.53. The zero-order valence-corrected chi connectivity index (χ0v) is 13.6. The van der Waals surface area contributed by atoms with Crippen LogP contribution >= 0.6 is 0 Å². The van der Waals surface area contributed by atoms with Crippen molar-refractivity contribution in [2.45, 2.75) is 31.4 Å². The number of hydrogen-bond donors (Lipinski definition) is 3. The van der Waals surface area contributed by atoms with Crippen molar-refractivity contribution in [2.24, 2.45) is 0 Å². The average Bonchev–Trinajstić information content (AvgIpc) is 3.22. The lowest BCUT2D eigenvalue weighted by Crippen LogP contribution is -2.42. The summed E-state index contributed by atoms with van der Waals surface area (Å²) in [6.45, 7) is 0. The largest absolute Gasteiger partial charge is 0.436 e. The molecule has 25 heavy (non-hydrogen) atoms. The van der Waals surface area contributed by atoms with E-state index in [4.69, 9.17) is 4.42 Å². The lowest BCUT2D eigenvalue weighted by Gasteiger charge is -2.16. The number of carbonyl (C=O) groups excluding carboxylic acids is 1. The summed E-state index contributed by atoms with van der Waals surface area (Å²) in [5.41, 5.74) is 3.07. The van der Waals surface area contributed by atoms with E-state index in [1.54, 1.807) is 12.1 Å². The van der Waals surface area contributed by atoms with E-state index in [-0.39, 0.29) is 12.1 Å². The van der Waals surface area contributed by atoms with Crippen LogP contribution in [0.4, 0.5) is 10.5 Å². The average molecular weight is 337 g/mol. The van der Waals surface area contributed by atoms with Crippen LogP contribution in [0.5, 0.6) is 0 Å². The number of aliphatic hydroxyl groups is 1. The molecular weight excluding hydrogens is 318 g/mol. The smallest absolute Gasteiger partial charge is 0.319 e. The number of fused-ring (bicyclic) bond motifs is 1. The summed E-state index contributed by atoms with van der Waals surface area (Å²) < 4.78 is 5.74. The summed E-state index contributed by atoms with van der Waals surface area (Å²) in [5, 5.41) is 15.4. The van der Waals surface area contributed by atoms with Gasteiger partial charge in [0.25, 0.3) is 0 Å². The number of para-hydroxylation sites is 2. The molecule has 6 nitrogen and oxygen atoms in total.